The van der Waals surface area contributed by atoms with Gasteiger partial charge in [-0.15, -0.1) is 0 Å². The molecule has 22 heavy (non-hydrogen) atoms. The molecule has 0 heterocycles. The molecule has 2 N–H and O–H groups in total. The van der Waals surface area contributed by atoms with Crippen molar-refractivity contribution in [3.8, 4) is 0 Å². The standard InChI is InChI=1S/C15H12Cl4N2O/c1-8-9(16)3-2-4-13(8)20-7-15(22)21-14-6-11(18)10(17)5-12(14)19/h2-6,20H,7H2,1H3,(H,21,22). The van der Waals surface area contributed by atoms with Crippen LogP contribution in [0, 0.1) is 6.92 Å². The van der Waals surface area contributed by atoms with Crippen molar-refractivity contribution in [1.29, 1.82) is 0 Å². The molecule has 7 heteroatoms. The van der Waals surface area contributed by atoms with Gasteiger partial charge in [-0.25, -0.2) is 0 Å². The molecule has 0 bridgehead atoms. The second-order valence-electron chi connectivity index (χ2n) is 4.56. The van der Waals surface area contributed by atoms with Gasteiger partial charge in [0.2, 0.25) is 5.91 Å². The first-order chi connectivity index (χ1) is 10.4. The third kappa shape index (κ3) is 4.20. The maximum atomic E-state index is 12.0. The molecule has 0 aromatic heterocycles. The van der Waals surface area contributed by atoms with Crippen LogP contribution >= 0.6 is 46.4 Å². The molecule has 0 aliphatic heterocycles. The second-order valence-corrected chi connectivity index (χ2v) is 6.19. The zero-order valence-electron chi connectivity index (χ0n) is 11.5. The van der Waals surface area contributed by atoms with E-state index >= 15 is 0 Å². The molecular formula is C15H12Cl4N2O. The molecule has 0 unspecified atom stereocenters. The highest BCUT2D eigenvalue weighted by molar-refractivity contribution is 6.44. The van der Waals surface area contributed by atoms with E-state index in [2.05, 4.69) is 10.6 Å². The molecule has 0 fully saturated rings. The van der Waals surface area contributed by atoms with E-state index in [4.69, 9.17) is 46.4 Å². The minimum Gasteiger partial charge on any atom is -0.376 e. The average molecular weight is 378 g/mol. The van der Waals surface area contributed by atoms with E-state index < -0.39 is 0 Å². The fourth-order valence-corrected chi connectivity index (χ4v) is 2.56. The number of carbonyl (C=O) groups is 1. The van der Waals surface area contributed by atoms with Crippen molar-refractivity contribution in [2.24, 2.45) is 0 Å². The van der Waals surface area contributed by atoms with Crippen LogP contribution in [-0.2, 0) is 4.79 Å². The number of amides is 1. The Bertz CT molecular complexity index is 719. The van der Waals surface area contributed by atoms with Crippen LogP contribution in [0.3, 0.4) is 0 Å². The Kier molecular flexibility index (Phi) is 5.81. The van der Waals surface area contributed by atoms with Gasteiger partial charge in [-0.3, -0.25) is 4.79 Å². The first-order valence-corrected chi connectivity index (χ1v) is 7.83. The van der Waals surface area contributed by atoms with E-state index in [1.54, 1.807) is 6.07 Å². The highest BCUT2D eigenvalue weighted by atomic mass is 35.5. The molecule has 2 aromatic carbocycles. The first-order valence-electron chi connectivity index (χ1n) is 6.32. The van der Waals surface area contributed by atoms with E-state index in [9.17, 15) is 4.79 Å². The van der Waals surface area contributed by atoms with Gasteiger partial charge in [0.1, 0.15) is 0 Å². The number of hydrogen-bond donors (Lipinski definition) is 2. The lowest BCUT2D eigenvalue weighted by Crippen LogP contribution is -2.22. The van der Waals surface area contributed by atoms with Gasteiger partial charge in [0, 0.05) is 10.7 Å². The maximum Gasteiger partial charge on any atom is 0.243 e. The Labute approximate surface area is 148 Å². The van der Waals surface area contributed by atoms with Gasteiger partial charge in [-0.2, -0.15) is 0 Å². The zero-order chi connectivity index (χ0) is 16.3. The van der Waals surface area contributed by atoms with E-state index in [0.717, 1.165) is 11.3 Å². The smallest absolute Gasteiger partial charge is 0.243 e. The number of halogens is 4. The number of nitrogens with one attached hydrogen (secondary N) is 2. The summed E-state index contributed by atoms with van der Waals surface area (Å²) in [5.41, 5.74) is 2.08. The Morgan fingerprint density at radius 3 is 2.36 bits per heavy atom. The minimum absolute atomic E-state index is 0.0672. The summed E-state index contributed by atoms with van der Waals surface area (Å²) in [5, 5.41) is 7.30. The van der Waals surface area contributed by atoms with Crippen LogP contribution < -0.4 is 10.6 Å². The van der Waals surface area contributed by atoms with E-state index in [1.165, 1.54) is 12.1 Å². The normalized spacial score (nSPS) is 10.4. The molecule has 2 aromatic rings. The van der Waals surface area contributed by atoms with Crippen molar-refractivity contribution in [1.82, 2.24) is 0 Å². The van der Waals surface area contributed by atoms with Crippen LogP contribution in [0.4, 0.5) is 11.4 Å². The van der Waals surface area contributed by atoms with Gasteiger partial charge in [0.25, 0.3) is 0 Å². The van der Waals surface area contributed by atoms with Crippen molar-refractivity contribution >= 4 is 63.7 Å². The van der Waals surface area contributed by atoms with E-state index in [0.29, 0.717) is 25.8 Å². The summed E-state index contributed by atoms with van der Waals surface area (Å²) in [6.45, 7) is 1.94. The molecule has 0 atom stereocenters. The summed E-state index contributed by atoms with van der Waals surface area (Å²) < 4.78 is 0. The molecule has 0 aliphatic carbocycles. The molecule has 0 saturated heterocycles. The quantitative estimate of drug-likeness (QED) is 0.675. The summed E-state index contributed by atoms with van der Waals surface area (Å²) >= 11 is 23.8. The Hall–Kier alpha value is -1.13. The highest BCUT2D eigenvalue weighted by Crippen LogP contribution is 2.32. The number of benzene rings is 2. The lowest BCUT2D eigenvalue weighted by molar-refractivity contribution is -0.114. The SMILES string of the molecule is Cc1c(Cl)cccc1NCC(=O)Nc1cc(Cl)c(Cl)cc1Cl. The lowest BCUT2D eigenvalue weighted by atomic mass is 10.2. The maximum absolute atomic E-state index is 12.0. The largest absolute Gasteiger partial charge is 0.376 e. The third-order valence-corrected chi connectivity index (χ3v) is 4.44. The van der Waals surface area contributed by atoms with Gasteiger partial charge in [0.05, 0.1) is 27.3 Å². The molecule has 3 nitrogen and oxygen atoms in total. The summed E-state index contributed by atoms with van der Waals surface area (Å²) in [6, 6.07) is 8.44. The molecule has 1 amide bonds. The fraction of sp³-hybridized carbons (Fsp3) is 0.133. The Morgan fingerprint density at radius 1 is 0.955 bits per heavy atom. The van der Waals surface area contributed by atoms with Gasteiger partial charge < -0.3 is 10.6 Å². The number of hydrogen-bond acceptors (Lipinski definition) is 2. The monoisotopic (exact) mass is 376 g/mol. The second kappa shape index (κ2) is 7.42. The van der Waals surface area contributed by atoms with Crippen molar-refractivity contribution in [3.05, 3.63) is 56.0 Å². The molecular weight excluding hydrogens is 366 g/mol. The van der Waals surface area contributed by atoms with Gasteiger partial charge in [-0.05, 0) is 36.8 Å². The van der Waals surface area contributed by atoms with Crippen molar-refractivity contribution in [2.45, 2.75) is 6.92 Å². The summed E-state index contributed by atoms with van der Waals surface area (Å²) in [7, 11) is 0. The molecule has 2 rings (SSSR count). The number of carbonyl (C=O) groups excluding carboxylic acids is 1. The number of anilines is 2. The lowest BCUT2D eigenvalue weighted by Gasteiger charge is -2.12. The van der Waals surface area contributed by atoms with Gasteiger partial charge >= 0.3 is 0 Å². The first kappa shape index (κ1) is 17.2. The summed E-state index contributed by atoms with van der Waals surface area (Å²) in [6.07, 6.45) is 0. The van der Waals surface area contributed by atoms with Crippen molar-refractivity contribution in [3.63, 3.8) is 0 Å². The molecule has 0 spiro atoms. The van der Waals surface area contributed by atoms with E-state index in [1.807, 2.05) is 19.1 Å². The van der Waals surface area contributed by atoms with Crippen molar-refractivity contribution in [2.75, 3.05) is 17.2 Å². The average Bonchev–Trinajstić information content (AvgIpc) is 2.46. The van der Waals surface area contributed by atoms with E-state index in [-0.39, 0.29) is 12.5 Å². The fourth-order valence-electron chi connectivity index (χ4n) is 1.79. The van der Waals surface area contributed by atoms with Crippen LogP contribution in [0.25, 0.3) is 0 Å². The van der Waals surface area contributed by atoms with Crippen LogP contribution in [0.1, 0.15) is 5.56 Å². The number of rotatable bonds is 4. The molecule has 0 aliphatic rings. The van der Waals surface area contributed by atoms with Crippen LogP contribution in [0.2, 0.25) is 20.1 Å². The Morgan fingerprint density at radius 2 is 1.64 bits per heavy atom. The minimum atomic E-state index is -0.264. The highest BCUT2D eigenvalue weighted by Gasteiger charge is 2.10. The topological polar surface area (TPSA) is 41.1 Å². The van der Waals surface area contributed by atoms with Crippen LogP contribution in [-0.4, -0.2) is 12.5 Å². The van der Waals surface area contributed by atoms with Crippen LogP contribution in [0.5, 0.6) is 0 Å². The van der Waals surface area contributed by atoms with Gasteiger partial charge in [-0.1, -0.05) is 52.5 Å². The summed E-state index contributed by atoms with van der Waals surface area (Å²) in [5.74, 6) is -0.264. The molecule has 116 valence electrons. The molecule has 0 saturated carbocycles. The predicted octanol–water partition coefficient (Wildman–Crippen LogP) is 5.66. The zero-order valence-corrected chi connectivity index (χ0v) is 14.5. The third-order valence-electron chi connectivity index (χ3n) is 2.99. The molecule has 0 radical (unpaired) electrons. The predicted molar refractivity (Wildman–Crippen MR) is 94.8 cm³/mol. The Balaban J connectivity index is 2.02. The summed E-state index contributed by atoms with van der Waals surface area (Å²) in [4.78, 5) is 12.0. The van der Waals surface area contributed by atoms with Gasteiger partial charge in [0.15, 0.2) is 0 Å². The van der Waals surface area contributed by atoms with Crippen molar-refractivity contribution < 1.29 is 4.79 Å². The van der Waals surface area contributed by atoms with Crippen LogP contribution in [0.15, 0.2) is 30.3 Å².